The van der Waals surface area contributed by atoms with Crippen molar-refractivity contribution in [1.82, 2.24) is 20.1 Å². The number of nitrogens with one attached hydrogen (secondary N) is 2. The first kappa shape index (κ1) is 21.9. The molecule has 9 nitrogen and oxygen atoms in total. The number of rotatable bonds is 7. The topological polar surface area (TPSA) is 111 Å². The molecule has 32 heavy (non-hydrogen) atoms. The van der Waals surface area contributed by atoms with E-state index in [2.05, 4.69) is 20.4 Å². The summed E-state index contributed by atoms with van der Waals surface area (Å²) >= 11 is 0. The van der Waals surface area contributed by atoms with E-state index < -0.39 is 0 Å². The van der Waals surface area contributed by atoms with Crippen molar-refractivity contribution in [3.63, 3.8) is 0 Å². The van der Waals surface area contributed by atoms with Crippen LogP contribution >= 0.6 is 0 Å². The number of hydrogen-bond donors (Lipinski definition) is 2. The van der Waals surface area contributed by atoms with Gasteiger partial charge in [0.25, 0.3) is 11.5 Å². The Kier molecular flexibility index (Phi) is 7.08. The fraction of sp³-hybridized carbons (Fsp3) is 0.391. The van der Waals surface area contributed by atoms with Gasteiger partial charge in [-0.1, -0.05) is 6.08 Å². The summed E-state index contributed by atoms with van der Waals surface area (Å²) in [5.74, 6) is 0.204. The minimum absolute atomic E-state index is 0.194. The number of amides is 1. The van der Waals surface area contributed by atoms with Crippen LogP contribution in [0.4, 0.5) is 0 Å². The van der Waals surface area contributed by atoms with Crippen LogP contribution in [0.2, 0.25) is 0 Å². The molecule has 1 fully saturated rings. The molecule has 2 N–H and O–H groups in total. The zero-order valence-corrected chi connectivity index (χ0v) is 18.0. The van der Waals surface area contributed by atoms with Crippen molar-refractivity contribution in [2.24, 2.45) is 4.99 Å². The van der Waals surface area contributed by atoms with Crippen molar-refractivity contribution in [2.75, 3.05) is 20.3 Å². The lowest BCUT2D eigenvalue weighted by Crippen LogP contribution is -2.29. The zero-order valence-electron chi connectivity index (χ0n) is 18.0. The number of aliphatic imine (C=N–C) groups is 1. The Balaban J connectivity index is 1.40. The van der Waals surface area contributed by atoms with Gasteiger partial charge in [-0.25, -0.2) is 9.67 Å². The number of aromatic amines is 1. The van der Waals surface area contributed by atoms with Crippen molar-refractivity contribution in [1.29, 1.82) is 0 Å². The first-order valence-electron chi connectivity index (χ1n) is 10.8. The molecule has 4 rings (SSSR count). The van der Waals surface area contributed by atoms with Gasteiger partial charge in [-0.3, -0.25) is 19.7 Å². The molecule has 2 aromatic heterocycles. The quantitative estimate of drug-likeness (QED) is 0.690. The molecule has 1 amide bonds. The minimum Gasteiger partial charge on any atom is -0.378 e. The molecule has 0 saturated carbocycles. The molecule has 9 heteroatoms. The van der Waals surface area contributed by atoms with Crippen LogP contribution in [-0.2, 0) is 9.47 Å². The number of aromatic nitrogens is 3. The highest BCUT2D eigenvalue weighted by Crippen LogP contribution is 2.16. The van der Waals surface area contributed by atoms with E-state index in [4.69, 9.17) is 9.47 Å². The third-order valence-corrected chi connectivity index (χ3v) is 5.52. The molecule has 4 heterocycles. The third-order valence-electron chi connectivity index (χ3n) is 5.52. The van der Waals surface area contributed by atoms with Crippen molar-refractivity contribution < 1.29 is 14.3 Å². The van der Waals surface area contributed by atoms with Gasteiger partial charge < -0.3 is 14.8 Å². The number of hydrogen-bond acceptors (Lipinski definition) is 6. The van der Waals surface area contributed by atoms with Crippen LogP contribution in [0.3, 0.4) is 0 Å². The van der Waals surface area contributed by atoms with Gasteiger partial charge in [0.05, 0.1) is 17.2 Å². The van der Waals surface area contributed by atoms with E-state index in [1.807, 2.05) is 0 Å². The number of carbonyl (C=O) groups excluding carboxylic acids is 1. The molecule has 2 aliphatic rings. The van der Waals surface area contributed by atoms with Crippen LogP contribution in [0.15, 0.2) is 52.5 Å². The Morgan fingerprint density at radius 1 is 1.38 bits per heavy atom. The van der Waals surface area contributed by atoms with Gasteiger partial charge in [-0.05, 0) is 55.5 Å². The van der Waals surface area contributed by atoms with Crippen molar-refractivity contribution >= 4 is 17.7 Å². The van der Waals surface area contributed by atoms with Gasteiger partial charge in [0, 0.05) is 38.9 Å². The second kappa shape index (κ2) is 10.3. The summed E-state index contributed by atoms with van der Waals surface area (Å²) in [7, 11) is 1.57. The molecule has 0 radical (unpaired) electrons. The lowest BCUT2D eigenvalue weighted by molar-refractivity contribution is 0.0117. The van der Waals surface area contributed by atoms with E-state index >= 15 is 0 Å². The molecule has 168 valence electrons. The van der Waals surface area contributed by atoms with Crippen LogP contribution in [0.5, 0.6) is 0 Å². The van der Waals surface area contributed by atoms with Crippen molar-refractivity contribution in [3.8, 4) is 5.82 Å². The van der Waals surface area contributed by atoms with Gasteiger partial charge >= 0.3 is 0 Å². The Hall–Kier alpha value is -3.30. The number of pyridine rings is 1. The molecule has 2 unspecified atom stereocenters. The van der Waals surface area contributed by atoms with Crippen LogP contribution in [0, 0.1) is 0 Å². The van der Waals surface area contributed by atoms with Crippen LogP contribution in [0.25, 0.3) is 11.4 Å². The molecule has 2 aliphatic heterocycles. The average Bonchev–Trinajstić information content (AvgIpc) is 3.05. The molecule has 0 aliphatic carbocycles. The van der Waals surface area contributed by atoms with Crippen LogP contribution in [-0.4, -0.2) is 59.5 Å². The summed E-state index contributed by atoms with van der Waals surface area (Å²) in [6, 6.07) is 3.29. The zero-order chi connectivity index (χ0) is 22.3. The third kappa shape index (κ3) is 5.12. The monoisotopic (exact) mass is 437 g/mol. The Morgan fingerprint density at radius 2 is 2.28 bits per heavy atom. The first-order valence-corrected chi connectivity index (χ1v) is 10.8. The standard InChI is InChI=1S/C23H27N5O4/c1-31-21-8-6-16(9-11-24-21)19-15-27-28(23(19)30)20-7-5-17(14-26-20)22(29)25-12-10-18-4-2-3-13-32-18/h5-9,11,14-15,18,21,27H,2-4,10,12-13H2,1H3,(H,25,29). The second-order valence-corrected chi connectivity index (χ2v) is 7.67. The van der Waals surface area contributed by atoms with E-state index in [1.165, 1.54) is 17.3 Å². The lowest BCUT2D eigenvalue weighted by atomic mass is 10.1. The molecule has 2 aromatic rings. The summed E-state index contributed by atoms with van der Waals surface area (Å²) in [5.41, 5.74) is 1.39. The molecular weight excluding hydrogens is 410 g/mol. The molecule has 1 saturated heterocycles. The maximum absolute atomic E-state index is 12.9. The van der Waals surface area contributed by atoms with Crippen molar-refractivity contribution in [3.05, 3.63) is 64.2 Å². The predicted octanol–water partition coefficient (Wildman–Crippen LogP) is 2.25. The van der Waals surface area contributed by atoms with E-state index in [0.717, 1.165) is 25.9 Å². The predicted molar refractivity (Wildman–Crippen MR) is 121 cm³/mol. The number of methoxy groups -OCH3 is 1. The summed E-state index contributed by atoms with van der Waals surface area (Å²) in [6.45, 7) is 1.36. The smallest absolute Gasteiger partial charge is 0.280 e. The Bertz CT molecular complexity index is 1070. The molecule has 0 spiro atoms. The van der Waals surface area contributed by atoms with E-state index in [-0.39, 0.29) is 23.8 Å². The van der Waals surface area contributed by atoms with Crippen LogP contribution < -0.4 is 10.9 Å². The maximum atomic E-state index is 12.9. The summed E-state index contributed by atoms with van der Waals surface area (Å²) < 4.78 is 12.2. The number of ether oxygens (including phenoxy) is 2. The maximum Gasteiger partial charge on any atom is 0.280 e. The van der Waals surface area contributed by atoms with Gasteiger partial charge in [0.2, 0.25) is 0 Å². The highest BCUT2D eigenvalue weighted by atomic mass is 16.5. The fourth-order valence-corrected chi connectivity index (χ4v) is 3.70. The Labute approximate surface area is 185 Å². The number of nitrogens with zero attached hydrogens (tertiary/aromatic N) is 3. The average molecular weight is 438 g/mol. The molecule has 2 atom stereocenters. The number of H-pyrrole nitrogens is 1. The first-order chi connectivity index (χ1) is 15.7. The summed E-state index contributed by atoms with van der Waals surface area (Å²) in [5, 5.41) is 5.83. The Morgan fingerprint density at radius 3 is 3.03 bits per heavy atom. The largest absolute Gasteiger partial charge is 0.378 e. The molecule has 0 aromatic carbocycles. The summed E-state index contributed by atoms with van der Waals surface area (Å²) in [4.78, 5) is 33.8. The van der Waals surface area contributed by atoms with Crippen molar-refractivity contribution in [2.45, 2.75) is 38.0 Å². The van der Waals surface area contributed by atoms with E-state index in [9.17, 15) is 9.59 Å². The number of carbonyl (C=O) groups is 1. The summed E-state index contributed by atoms with van der Waals surface area (Å²) in [6.07, 6.45) is 14.0. The van der Waals surface area contributed by atoms with Gasteiger partial charge in [0.15, 0.2) is 12.0 Å². The van der Waals surface area contributed by atoms with E-state index in [1.54, 1.807) is 49.9 Å². The SMILES string of the molecule is COC1C=CC(c2c[nH]n(-c3ccc(C(=O)NCCC4CCCCO4)cn3)c2=O)=CC=N1. The molecular formula is C23H27N5O4. The number of allylic oxidation sites excluding steroid dienone is 3. The second-order valence-electron chi connectivity index (χ2n) is 7.67. The normalized spacial score (nSPS) is 20.6. The van der Waals surface area contributed by atoms with Gasteiger partial charge in [-0.15, -0.1) is 0 Å². The lowest BCUT2D eigenvalue weighted by Gasteiger charge is -2.22. The minimum atomic E-state index is -0.375. The van der Waals surface area contributed by atoms with Gasteiger partial charge in [-0.2, -0.15) is 0 Å². The molecule has 0 bridgehead atoms. The fourth-order valence-electron chi connectivity index (χ4n) is 3.70. The highest BCUT2D eigenvalue weighted by Gasteiger charge is 2.16. The highest BCUT2D eigenvalue weighted by molar-refractivity contribution is 5.94. The van der Waals surface area contributed by atoms with Gasteiger partial charge in [0.1, 0.15) is 0 Å². The van der Waals surface area contributed by atoms with Crippen LogP contribution in [0.1, 0.15) is 41.6 Å². The van der Waals surface area contributed by atoms with E-state index in [0.29, 0.717) is 29.1 Å².